The van der Waals surface area contributed by atoms with Gasteiger partial charge in [-0.05, 0) is 45.7 Å². The zero-order chi connectivity index (χ0) is 18.8. The molecule has 27 heavy (non-hydrogen) atoms. The highest BCUT2D eigenvalue weighted by molar-refractivity contribution is 6.24. The minimum atomic E-state index is 0.366. The van der Waals surface area contributed by atoms with Gasteiger partial charge in [0.2, 0.25) is 0 Å². The van der Waals surface area contributed by atoms with E-state index in [1.165, 1.54) is 38.4 Å². The van der Waals surface area contributed by atoms with Gasteiger partial charge in [-0.1, -0.05) is 87.5 Å². The number of benzene rings is 4. The van der Waals surface area contributed by atoms with Crippen molar-refractivity contribution in [3.05, 3.63) is 90.0 Å². The quantitative estimate of drug-likeness (QED) is 0.329. The second-order valence-corrected chi connectivity index (χ2v) is 6.71. The molecule has 0 saturated heterocycles. The molecule has 4 aromatic carbocycles. The second-order valence-electron chi connectivity index (χ2n) is 6.71. The fraction of sp³-hybridized carbons (Fsp3) is 0.192. The van der Waals surface area contributed by atoms with Crippen LogP contribution in [0, 0.1) is 0 Å². The minimum absolute atomic E-state index is 0.366. The SMILES string of the molecule is CC.CCC1C(c2c3ccccc3cc3ccccc23)=Nc2ccccc21. The largest absolute Gasteiger partial charge is 0.252 e. The fourth-order valence-corrected chi connectivity index (χ4v) is 4.17. The average molecular weight is 351 g/mol. The van der Waals surface area contributed by atoms with Crippen LogP contribution < -0.4 is 0 Å². The number of aliphatic imine (C=N–C) groups is 1. The highest BCUT2D eigenvalue weighted by atomic mass is 14.8. The first-order valence-electron chi connectivity index (χ1n) is 9.95. The third-order valence-corrected chi connectivity index (χ3v) is 5.32. The molecule has 1 heterocycles. The first-order chi connectivity index (χ1) is 13.4. The normalized spacial score (nSPS) is 15.2. The van der Waals surface area contributed by atoms with Crippen LogP contribution in [0.25, 0.3) is 21.5 Å². The first kappa shape index (κ1) is 17.5. The summed E-state index contributed by atoms with van der Waals surface area (Å²) in [7, 11) is 0. The van der Waals surface area contributed by atoms with E-state index in [-0.39, 0.29) is 0 Å². The van der Waals surface area contributed by atoms with E-state index >= 15 is 0 Å². The Labute approximate surface area is 161 Å². The lowest BCUT2D eigenvalue weighted by Crippen LogP contribution is -2.10. The van der Waals surface area contributed by atoms with E-state index in [2.05, 4.69) is 85.8 Å². The number of rotatable bonds is 2. The van der Waals surface area contributed by atoms with E-state index in [1.54, 1.807) is 0 Å². The second kappa shape index (κ2) is 7.36. The van der Waals surface area contributed by atoms with Crippen molar-refractivity contribution in [1.82, 2.24) is 0 Å². The predicted molar refractivity (Wildman–Crippen MR) is 118 cm³/mol. The summed E-state index contributed by atoms with van der Waals surface area (Å²) in [4.78, 5) is 5.09. The molecule has 1 unspecified atom stereocenters. The van der Waals surface area contributed by atoms with Crippen LogP contribution in [-0.4, -0.2) is 5.71 Å². The van der Waals surface area contributed by atoms with Gasteiger partial charge >= 0.3 is 0 Å². The molecular formula is C26H25N. The molecule has 1 nitrogen and oxygen atoms in total. The molecule has 1 aliphatic heterocycles. The van der Waals surface area contributed by atoms with Crippen molar-refractivity contribution < 1.29 is 0 Å². The van der Waals surface area contributed by atoms with Crippen molar-refractivity contribution >= 4 is 32.9 Å². The number of hydrogen-bond donors (Lipinski definition) is 0. The molecule has 1 atom stereocenters. The highest BCUT2D eigenvalue weighted by Gasteiger charge is 2.28. The molecule has 134 valence electrons. The lowest BCUT2D eigenvalue weighted by molar-refractivity contribution is 0.863. The van der Waals surface area contributed by atoms with Gasteiger partial charge in [0.1, 0.15) is 0 Å². The monoisotopic (exact) mass is 351 g/mol. The Morgan fingerprint density at radius 1 is 0.741 bits per heavy atom. The molecule has 0 aliphatic carbocycles. The molecule has 1 heteroatoms. The Morgan fingerprint density at radius 3 is 1.93 bits per heavy atom. The predicted octanol–water partition coefficient (Wildman–Crippen LogP) is 7.65. The molecule has 0 radical (unpaired) electrons. The summed E-state index contributed by atoms with van der Waals surface area (Å²) in [6.45, 7) is 6.26. The van der Waals surface area contributed by atoms with Crippen LogP contribution in [-0.2, 0) is 0 Å². The van der Waals surface area contributed by atoms with Crippen molar-refractivity contribution in [3.63, 3.8) is 0 Å². The molecule has 1 aliphatic rings. The Bertz CT molecular complexity index is 1080. The lowest BCUT2D eigenvalue weighted by atomic mass is 9.85. The van der Waals surface area contributed by atoms with Crippen LogP contribution in [0.15, 0.2) is 83.9 Å². The van der Waals surface area contributed by atoms with E-state index in [0.717, 1.165) is 12.1 Å². The van der Waals surface area contributed by atoms with Gasteiger partial charge in [0.15, 0.2) is 0 Å². The van der Waals surface area contributed by atoms with E-state index in [1.807, 2.05) is 13.8 Å². The van der Waals surface area contributed by atoms with Gasteiger partial charge in [-0.25, -0.2) is 0 Å². The zero-order valence-electron chi connectivity index (χ0n) is 16.2. The first-order valence-corrected chi connectivity index (χ1v) is 9.95. The Balaban J connectivity index is 0.000000872. The summed E-state index contributed by atoms with van der Waals surface area (Å²) >= 11 is 0. The molecular weight excluding hydrogens is 326 g/mol. The number of fused-ring (bicyclic) bond motifs is 3. The lowest BCUT2D eigenvalue weighted by Gasteiger charge is -2.17. The minimum Gasteiger partial charge on any atom is -0.252 e. The van der Waals surface area contributed by atoms with E-state index in [9.17, 15) is 0 Å². The third kappa shape index (κ3) is 2.84. The van der Waals surface area contributed by atoms with Crippen LogP contribution >= 0.6 is 0 Å². The molecule has 0 spiro atoms. The van der Waals surface area contributed by atoms with Gasteiger partial charge in [0.05, 0.1) is 11.4 Å². The molecule has 0 aromatic heterocycles. The smallest absolute Gasteiger partial charge is 0.0672 e. The Morgan fingerprint density at radius 2 is 1.30 bits per heavy atom. The standard InChI is InChI=1S/C24H19N.C2H6/c1-2-18-21-13-7-8-14-22(21)25-24(18)23-19-11-5-3-9-16(19)15-17-10-4-6-12-20(17)23;1-2/h3-15,18H,2H2,1H3;1-2H3. The van der Waals surface area contributed by atoms with Crippen LogP contribution in [0.2, 0.25) is 0 Å². The maximum absolute atomic E-state index is 5.09. The van der Waals surface area contributed by atoms with Crippen molar-refractivity contribution in [2.24, 2.45) is 4.99 Å². The molecule has 4 aromatic rings. The van der Waals surface area contributed by atoms with Crippen LogP contribution in [0.3, 0.4) is 0 Å². The maximum atomic E-state index is 5.09. The van der Waals surface area contributed by atoms with Gasteiger partial charge in [0, 0.05) is 11.5 Å². The number of para-hydroxylation sites is 1. The fourth-order valence-electron chi connectivity index (χ4n) is 4.17. The third-order valence-electron chi connectivity index (χ3n) is 5.32. The maximum Gasteiger partial charge on any atom is 0.0672 e. The van der Waals surface area contributed by atoms with E-state index < -0.39 is 0 Å². The van der Waals surface area contributed by atoms with Crippen molar-refractivity contribution in [3.8, 4) is 0 Å². The molecule has 0 saturated carbocycles. The van der Waals surface area contributed by atoms with Crippen molar-refractivity contribution in [2.45, 2.75) is 33.1 Å². The van der Waals surface area contributed by atoms with Gasteiger partial charge in [-0.15, -0.1) is 0 Å². The highest BCUT2D eigenvalue weighted by Crippen LogP contribution is 2.42. The van der Waals surface area contributed by atoms with E-state index in [4.69, 9.17) is 4.99 Å². The number of nitrogens with zero attached hydrogens (tertiary/aromatic N) is 1. The van der Waals surface area contributed by atoms with Crippen LogP contribution in [0.5, 0.6) is 0 Å². The van der Waals surface area contributed by atoms with Gasteiger partial charge in [0.25, 0.3) is 0 Å². The Kier molecular flexibility index (Phi) is 4.77. The van der Waals surface area contributed by atoms with Crippen molar-refractivity contribution in [1.29, 1.82) is 0 Å². The molecule has 0 fully saturated rings. The van der Waals surface area contributed by atoms with Gasteiger partial charge < -0.3 is 0 Å². The summed E-state index contributed by atoms with van der Waals surface area (Å²) in [6, 6.07) is 28.2. The summed E-state index contributed by atoms with van der Waals surface area (Å²) in [5.74, 6) is 0.366. The van der Waals surface area contributed by atoms with Gasteiger partial charge in [-0.3, -0.25) is 4.99 Å². The van der Waals surface area contributed by atoms with Crippen LogP contribution in [0.1, 0.15) is 44.2 Å². The average Bonchev–Trinajstić information content (AvgIpc) is 3.11. The summed E-state index contributed by atoms with van der Waals surface area (Å²) < 4.78 is 0. The zero-order valence-corrected chi connectivity index (χ0v) is 16.2. The summed E-state index contributed by atoms with van der Waals surface area (Å²) in [6.07, 6.45) is 1.06. The topological polar surface area (TPSA) is 12.4 Å². The molecule has 0 bridgehead atoms. The molecule has 5 rings (SSSR count). The van der Waals surface area contributed by atoms with Crippen molar-refractivity contribution in [2.75, 3.05) is 0 Å². The molecule has 0 amide bonds. The summed E-state index contributed by atoms with van der Waals surface area (Å²) in [5.41, 5.74) is 5.01. The number of hydrogen-bond acceptors (Lipinski definition) is 1. The Hall–Kier alpha value is -2.93. The summed E-state index contributed by atoms with van der Waals surface area (Å²) in [5, 5.41) is 5.16. The van der Waals surface area contributed by atoms with E-state index in [0.29, 0.717) is 5.92 Å². The molecule has 0 N–H and O–H groups in total. The van der Waals surface area contributed by atoms with Crippen LogP contribution in [0.4, 0.5) is 5.69 Å². The van der Waals surface area contributed by atoms with Gasteiger partial charge in [-0.2, -0.15) is 0 Å².